The number of hydrogen-bond acceptors (Lipinski definition) is 5. The summed E-state index contributed by atoms with van der Waals surface area (Å²) < 4.78 is 5.47. The van der Waals surface area contributed by atoms with E-state index in [1.165, 1.54) is 244 Å². The van der Waals surface area contributed by atoms with E-state index in [0.29, 0.717) is 19.4 Å². The fraction of sp³-hybridized carbons (Fsp3) is 0.844. The molecule has 0 fully saturated rings. The second-order valence-electron chi connectivity index (χ2n) is 21.0. The second-order valence-corrected chi connectivity index (χ2v) is 21.0. The highest BCUT2D eigenvalue weighted by molar-refractivity contribution is 5.76. The molecule has 0 aliphatic rings. The molecule has 1 amide bonds. The predicted octanol–water partition coefficient (Wildman–Crippen LogP) is 19.4. The van der Waals surface area contributed by atoms with Gasteiger partial charge in [-0.15, -0.1) is 0 Å². The van der Waals surface area contributed by atoms with Crippen molar-refractivity contribution in [3.63, 3.8) is 0 Å². The number of aliphatic hydroxyl groups is 2. The third kappa shape index (κ3) is 55.1. The summed E-state index contributed by atoms with van der Waals surface area (Å²) in [5.41, 5.74) is 0. The van der Waals surface area contributed by atoms with Gasteiger partial charge in [0.2, 0.25) is 5.91 Å². The fourth-order valence-corrected chi connectivity index (χ4v) is 9.31. The van der Waals surface area contributed by atoms with Crippen molar-refractivity contribution in [2.45, 2.75) is 334 Å². The average molecular weight is 983 g/mol. The third-order valence-electron chi connectivity index (χ3n) is 14.0. The zero-order valence-electron chi connectivity index (χ0n) is 46.7. The van der Waals surface area contributed by atoms with Crippen molar-refractivity contribution in [1.82, 2.24) is 5.32 Å². The molecule has 0 aromatic heterocycles. The molecule has 0 heterocycles. The Morgan fingerprint density at radius 1 is 0.400 bits per heavy atom. The SMILES string of the molecule is CCC/C=C\C/C=C\CCCCCCCC(=O)OCCCCCCCCCCCCCC/C=C\CCCCCCCCCCCCCCC(=O)NC(CO)C(O)/C=C/CCCCCCCCCCCC. The number of esters is 1. The lowest BCUT2D eigenvalue weighted by atomic mass is 10.0. The van der Waals surface area contributed by atoms with E-state index in [-0.39, 0.29) is 18.5 Å². The molecular weight excluding hydrogens is 863 g/mol. The number of hydrogen-bond donors (Lipinski definition) is 3. The van der Waals surface area contributed by atoms with Crippen molar-refractivity contribution in [3.8, 4) is 0 Å². The quantitative estimate of drug-likeness (QED) is 0.0321. The summed E-state index contributed by atoms with van der Waals surface area (Å²) >= 11 is 0. The van der Waals surface area contributed by atoms with Crippen LogP contribution in [0.15, 0.2) is 48.6 Å². The van der Waals surface area contributed by atoms with Crippen LogP contribution in [0.25, 0.3) is 0 Å². The molecule has 0 saturated heterocycles. The first-order valence-corrected chi connectivity index (χ1v) is 30.9. The Hall–Kier alpha value is -2.18. The molecule has 0 rings (SSSR count). The van der Waals surface area contributed by atoms with E-state index < -0.39 is 12.1 Å². The summed E-state index contributed by atoms with van der Waals surface area (Å²) in [5.74, 6) is -0.0690. The van der Waals surface area contributed by atoms with Gasteiger partial charge in [0.25, 0.3) is 0 Å². The monoisotopic (exact) mass is 982 g/mol. The number of aliphatic hydroxyl groups excluding tert-OH is 2. The van der Waals surface area contributed by atoms with Gasteiger partial charge in [0.1, 0.15) is 0 Å². The van der Waals surface area contributed by atoms with Crippen molar-refractivity contribution < 1.29 is 24.5 Å². The first-order valence-electron chi connectivity index (χ1n) is 30.9. The molecule has 2 atom stereocenters. The number of carbonyl (C=O) groups is 2. The Balaban J connectivity index is 3.39. The van der Waals surface area contributed by atoms with E-state index in [0.717, 1.165) is 51.4 Å². The summed E-state index contributed by atoms with van der Waals surface area (Å²) in [4.78, 5) is 24.5. The molecule has 6 nitrogen and oxygen atoms in total. The highest BCUT2D eigenvalue weighted by atomic mass is 16.5. The second kappa shape index (κ2) is 59.4. The standard InChI is InChI=1S/C64H119NO5/c1-3-5-7-9-11-13-15-33-38-42-46-50-54-58-64(69)70-59-55-51-47-43-39-35-32-30-28-26-24-22-20-18-17-19-21-23-25-27-29-31-34-37-41-45-49-53-57-63(68)65-61(60-66)62(67)56-52-48-44-40-36-16-14-12-10-8-6-4-2/h7,9,13,15,17-18,52,56,61-62,66-67H,3-6,8,10-12,14,16,19-51,53-55,57-60H2,1-2H3,(H,65,68)/b9-7-,15-13-,18-17-,56-52+. The zero-order chi connectivity index (χ0) is 50.7. The smallest absolute Gasteiger partial charge is 0.305 e. The van der Waals surface area contributed by atoms with Crippen molar-refractivity contribution in [1.29, 1.82) is 0 Å². The number of ether oxygens (including phenoxy) is 1. The maximum Gasteiger partial charge on any atom is 0.305 e. The van der Waals surface area contributed by atoms with Crippen LogP contribution >= 0.6 is 0 Å². The van der Waals surface area contributed by atoms with Crippen molar-refractivity contribution in [2.75, 3.05) is 13.2 Å². The van der Waals surface area contributed by atoms with Crippen LogP contribution < -0.4 is 5.32 Å². The molecule has 0 aliphatic heterocycles. The number of carbonyl (C=O) groups excluding carboxylic acids is 2. The molecule has 0 saturated carbocycles. The third-order valence-corrected chi connectivity index (χ3v) is 14.0. The van der Waals surface area contributed by atoms with E-state index in [2.05, 4.69) is 55.6 Å². The van der Waals surface area contributed by atoms with Crippen molar-refractivity contribution >= 4 is 11.9 Å². The van der Waals surface area contributed by atoms with E-state index in [1.54, 1.807) is 6.08 Å². The van der Waals surface area contributed by atoms with Crippen LogP contribution in [-0.2, 0) is 14.3 Å². The Bertz CT molecular complexity index is 1180. The number of allylic oxidation sites excluding steroid dienone is 7. The molecule has 0 radical (unpaired) electrons. The highest BCUT2D eigenvalue weighted by Crippen LogP contribution is 2.17. The summed E-state index contributed by atoms with van der Waals surface area (Å²) in [6.07, 6.45) is 75.9. The summed E-state index contributed by atoms with van der Waals surface area (Å²) in [6.45, 7) is 4.83. The molecule has 6 heteroatoms. The topological polar surface area (TPSA) is 95.9 Å². The molecule has 0 aromatic rings. The van der Waals surface area contributed by atoms with Gasteiger partial charge >= 0.3 is 5.97 Å². The van der Waals surface area contributed by atoms with Gasteiger partial charge in [-0.05, 0) is 83.5 Å². The first-order chi connectivity index (χ1) is 34.5. The first kappa shape index (κ1) is 67.8. The molecule has 70 heavy (non-hydrogen) atoms. The lowest BCUT2D eigenvalue weighted by Crippen LogP contribution is -2.45. The number of nitrogens with one attached hydrogen (secondary N) is 1. The zero-order valence-corrected chi connectivity index (χ0v) is 46.7. The average Bonchev–Trinajstić information content (AvgIpc) is 3.36. The lowest BCUT2D eigenvalue weighted by molar-refractivity contribution is -0.143. The van der Waals surface area contributed by atoms with Gasteiger partial charge in [0.05, 0.1) is 25.4 Å². The van der Waals surface area contributed by atoms with Crippen LogP contribution in [0.2, 0.25) is 0 Å². The van der Waals surface area contributed by atoms with Gasteiger partial charge in [0.15, 0.2) is 0 Å². The van der Waals surface area contributed by atoms with Crippen LogP contribution in [0.4, 0.5) is 0 Å². The minimum atomic E-state index is -0.843. The fourth-order valence-electron chi connectivity index (χ4n) is 9.31. The minimum absolute atomic E-state index is 0.000397. The van der Waals surface area contributed by atoms with E-state index in [1.807, 2.05) is 6.08 Å². The Labute approximate surface area is 436 Å². The largest absolute Gasteiger partial charge is 0.466 e. The normalized spacial score (nSPS) is 12.9. The van der Waals surface area contributed by atoms with Crippen LogP contribution in [0, 0.1) is 0 Å². The molecule has 0 aliphatic carbocycles. The van der Waals surface area contributed by atoms with E-state index >= 15 is 0 Å². The molecule has 3 N–H and O–H groups in total. The molecule has 0 aromatic carbocycles. The predicted molar refractivity (Wildman–Crippen MR) is 306 cm³/mol. The Kier molecular flexibility index (Phi) is 57.5. The van der Waals surface area contributed by atoms with Gasteiger partial charge in [-0.1, -0.05) is 274 Å². The maximum atomic E-state index is 12.4. The maximum absolute atomic E-state index is 12.4. The van der Waals surface area contributed by atoms with Crippen LogP contribution in [0.3, 0.4) is 0 Å². The van der Waals surface area contributed by atoms with Crippen LogP contribution in [-0.4, -0.2) is 47.4 Å². The van der Waals surface area contributed by atoms with Crippen LogP contribution in [0.5, 0.6) is 0 Å². The Morgan fingerprint density at radius 2 is 0.743 bits per heavy atom. The van der Waals surface area contributed by atoms with Gasteiger partial charge in [-0.25, -0.2) is 0 Å². The van der Waals surface area contributed by atoms with Gasteiger partial charge in [-0.3, -0.25) is 9.59 Å². The Morgan fingerprint density at radius 3 is 1.16 bits per heavy atom. The molecule has 0 bridgehead atoms. The van der Waals surface area contributed by atoms with E-state index in [4.69, 9.17) is 4.74 Å². The summed E-state index contributed by atoms with van der Waals surface area (Å²) in [6, 6.07) is -0.627. The van der Waals surface area contributed by atoms with E-state index in [9.17, 15) is 19.8 Å². The highest BCUT2D eigenvalue weighted by Gasteiger charge is 2.18. The van der Waals surface area contributed by atoms with Crippen LogP contribution in [0.1, 0.15) is 322 Å². The van der Waals surface area contributed by atoms with Crippen molar-refractivity contribution in [2.24, 2.45) is 0 Å². The molecule has 2 unspecified atom stereocenters. The summed E-state index contributed by atoms with van der Waals surface area (Å²) in [7, 11) is 0. The van der Waals surface area contributed by atoms with Gasteiger partial charge in [-0.2, -0.15) is 0 Å². The van der Waals surface area contributed by atoms with Crippen molar-refractivity contribution in [3.05, 3.63) is 48.6 Å². The number of amides is 1. The summed E-state index contributed by atoms with van der Waals surface area (Å²) in [5, 5.41) is 23.1. The van der Waals surface area contributed by atoms with Gasteiger partial charge < -0.3 is 20.3 Å². The number of unbranched alkanes of at least 4 members (excludes halogenated alkanes) is 40. The molecular formula is C64H119NO5. The number of rotatable bonds is 57. The lowest BCUT2D eigenvalue weighted by Gasteiger charge is -2.20. The minimum Gasteiger partial charge on any atom is -0.466 e. The molecule has 0 spiro atoms. The van der Waals surface area contributed by atoms with Gasteiger partial charge in [0, 0.05) is 12.8 Å². The molecule has 410 valence electrons.